The number of aryl methyl sites for hydroxylation is 2. The smallest absolute Gasteiger partial charge is 0.257 e. The molecule has 1 amide bonds. The van der Waals surface area contributed by atoms with E-state index in [-0.39, 0.29) is 11.3 Å². The van der Waals surface area contributed by atoms with Crippen molar-refractivity contribution in [1.82, 2.24) is 4.98 Å². The van der Waals surface area contributed by atoms with E-state index >= 15 is 0 Å². The minimum Gasteiger partial charge on any atom is -0.312 e. The molecule has 4 aromatic rings. The first-order valence-electron chi connectivity index (χ1n) is 12.5. The maximum atomic E-state index is 13.7. The van der Waals surface area contributed by atoms with E-state index < -0.39 is 0 Å². The molecule has 1 aliphatic rings. The molecule has 5 rings (SSSR count). The van der Waals surface area contributed by atoms with E-state index in [1.807, 2.05) is 30.3 Å². The summed E-state index contributed by atoms with van der Waals surface area (Å²) in [6.45, 7) is 11.0. The average Bonchev–Trinajstić information content (AvgIpc) is 3.18. The Balaban J connectivity index is 1.55. The third-order valence-electron chi connectivity index (χ3n) is 7.45. The number of anilines is 1. The predicted molar refractivity (Wildman–Crippen MR) is 149 cm³/mol. The van der Waals surface area contributed by atoms with Gasteiger partial charge >= 0.3 is 0 Å². The number of aromatic nitrogens is 1. The molecule has 0 radical (unpaired) electrons. The number of nitrogens with one attached hydrogen (secondary N) is 1. The fraction of sp³-hybridized carbons (Fsp3) is 0.323. The van der Waals surface area contributed by atoms with Crippen molar-refractivity contribution >= 4 is 33.1 Å². The van der Waals surface area contributed by atoms with Crippen LogP contribution in [0.1, 0.15) is 64.7 Å². The summed E-state index contributed by atoms with van der Waals surface area (Å²) in [7, 11) is 0. The predicted octanol–water partition coefficient (Wildman–Crippen LogP) is 7.86. The van der Waals surface area contributed by atoms with Gasteiger partial charge in [-0.15, -0.1) is 11.3 Å². The molecule has 0 spiro atoms. The van der Waals surface area contributed by atoms with Crippen molar-refractivity contribution in [3.8, 4) is 17.3 Å². The Kier molecular flexibility index (Phi) is 6.18. The fourth-order valence-corrected chi connectivity index (χ4v) is 6.58. The summed E-state index contributed by atoms with van der Waals surface area (Å²) in [6.07, 6.45) is 2.92. The first-order chi connectivity index (χ1) is 17.2. The number of hydrogen-bond acceptors (Lipinski definition) is 4. The Morgan fingerprint density at radius 1 is 1.14 bits per heavy atom. The molecular weight excluding hydrogens is 462 g/mol. The zero-order chi connectivity index (χ0) is 25.6. The van der Waals surface area contributed by atoms with E-state index in [1.54, 1.807) is 11.3 Å². The Morgan fingerprint density at radius 2 is 1.92 bits per heavy atom. The van der Waals surface area contributed by atoms with Crippen LogP contribution in [-0.4, -0.2) is 10.9 Å². The highest BCUT2D eigenvalue weighted by Gasteiger charge is 2.32. The number of amides is 1. The van der Waals surface area contributed by atoms with Gasteiger partial charge in [-0.3, -0.25) is 4.79 Å². The van der Waals surface area contributed by atoms with E-state index in [9.17, 15) is 10.1 Å². The minimum absolute atomic E-state index is 0.206. The number of nitrogens with zero attached hydrogens (tertiary/aromatic N) is 2. The summed E-state index contributed by atoms with van der Waals surface area (Å²) in [5.74, 6) is 0.366. The zero-order valence-electron chi connectivity index (χ0n) is 21.5. The van der Waals surface area contributed by atoms with Gasteiger partial charge in [0.25, 0.3) is 5.91 Å². The molecule has 0 saturated carbocycles. The molecule has 1 N–H and O–H groups in total. The summed E-state index contributed by atoms with van der Waals surface area (Å²) < 4.78 is 0. The second-order valence-electron chi connectivity index (χ2n) is 11.0. The molecule has 36 heavy (non-hydrogen) atoms. The van der Waals surface area contributed by atoms with Gasteiger partial charge in [0.15, 0.2) is 0 Å². The zero-order valence-corrected chi connectivity index (χ0v) is 22.3. The number of fused-ring (bicyclic) bond motifs is 2. The molecule has 2 heterocycles. The van der Waals surface area contributed by atoms with E-state index in [0.717, 1.165) is 52.5 Å². The molecule has 1 aliphatic carbocycles. The molecule has 0 bridgehead atoms. The average molecular weight is 494 g/mol. The molecule has 4 nitrogen and oxygen atoms in total. The monoisotopic (exact) mass is 493 g/mol. The third-order valence-corrected chi connectivity index (χ3v) is 8.62. The molecule has 0 aliphatic heterocycles. The summed E-state index contributed by atoms with van der Waals surface area (Å²) in [5.41, 5.74) is 7.41. The Hall–Kier alpha value is -3.49. The van der Waals surface area contributed by atoms with Gasteiger partial charge in [0.2, 0.25) is 0 Å². The molecule has 2 aromatic carbocycles. The molecule has 0 saturated heterocycles. The van der Waals surface area contributed by atoms with Crippen LogP contribution in [0.2, 0.25) is 0 Å². The number of pyridine rings is 1. The number of thiophene rings is 1. The summed E-state index contributed by atoms with van der Waals surface area (Å²) in [4.78, 5) is 19.8. The highest BCUT2D eigenvalue weighted by atomic mass is 32.1. The van der Waals surface area contributed by atoms with Crippen LogP contribution in [0.25, 0.3) is 22.2 Å². The number of carbonyl (C=O) groups excluding carboxylic acids is 1. The third kappa shape index (κ3) is 4.42. The Morgan fingerprint density at radius 3 is 2.64 bits per heavy atom. The van der Waals surface area contributed by atoms with E-state index in [2.05, 4.69) is 64.2 Å². The molecule has 182 valence electrons. The van der Waals surface area contributed by atoms with Gasteiger partial charge in [-0.1, -0.05) is 62.7 Å². The Bertz CT molecular complexity index is 1530. The molecule has 2 aromatic heterocycles. The van der Waals surface area contributed by atoms with Gasteiger partial charge in [0.1, 0.15) is 11.1 Å². The van der Waals surface area contributed by atoms with Gasteiger partial charge in [0, 0.05) is 15.8 Å². The molecule has 1 unspecified atom stereocenters. The first kappa shape index (κ1) is 24.2. The normalized spacial score (nSPS) is 15.4. The van der Waals surface area contributed by atoms with Crippen molar-refractivity contribution in [1.29, 1.82) is 5.26 Å². The van der Waals surface area contributed by atoms with E-state index in [0.29, 0.717) is 22.0 Å². The summed E-state index contributed by atoms with van der Waals surface area (Å²) in [5, 5.41) is 14.6. The number of rotatable bonds is 3. The van der Waals surface area contributed by atoms with Gasteiger partial charge in [-0.05, 0) is 67.7 Å². The minimum atomic E-state index is -0.206. The van der Waals surface area contributed by atoms with E-state index in [1.165, 1.54) is 10.4 Å². The summed E-state index contributed by atoms with van der Waals surface area (Å²) in [6, 6.07) is 18.3. The first-order valence-corrected chi connectivity index (χ1v) is 13.3. The highest BCUT2D eigenvalue weighted by Crippen LogP contribution is 2.44. The largest absolute Gasteiger partial charge is 0.312 e. The second-order valence-corrected chi connectivity index (χ2v) is 12.1. The van der Waals surface area contributed by atoms with Crippen molar-refractivity contribution in [2.24, 2.45) is 11.3 Å². The second kappa shape index (κ2) is 9.19. The van der Waals surface area contributed by atoms with Crippen molar-refractivity contribution in [3.05, 3.63) is 81.2 Å². The lowest BCUT2D eigenvalue weighted by molar-refractivity contribution is 0.102. The van der Waals surface area contributed by atoms with Crippen LogP contribution in [0.5, 0.6) is 0 Å². The van der Waals surface area contributed by atoms with Gasteiger partial charge < -0.3 is 5.32 Å². The van der Waals surface area contributed by atoms with Crippen LogP contribution in [-0.2, 0) is 12.8 Å². The lowest BCUT2D eigenvalue weighted by atomic mass is 9.72. The maximum absolute atomic E-state index is 13.7. The van der Waals surface area contributed by atoms with E-state index in [4.69, 9.17) is 4.98 Å². The van der Waals surface area contributed by atoms with Crippen molar-refractivity contribution in [2.75, 3.05) is 5.32 Å². The quantitative estimate of drug-likeness (QED) is 0.316. The van der Waals surface area contributed by atoms with Crippen molar-refractivity contribution in [3.63, 3.8) is 0 Å². The van der Waals surface area contributed by atoms with Crippen LogP contribution in [0.15, 0.2) is 48.5 Å². The molecule has 0 fully saturated rings. The van der Waals surface area contributed by atoms with Crippen molar-refractivity contribution < 1.29 is 4.79 Å². The lowest BCUT2D eigenvalue weighted by Crippen LogP contribution is -2.26. The van der Waals surface area contributed by atoms with Crippen LogP contribution >= 0.6 is 11.3 Å². The van der Waals surface area contributed by atoms with Gasteiger partial charge in [0.05, 0.1) is 22.3 Å². The van der Waals surface area contributed by atoms with Crippen LogP contribution in [0.4, 0.5) is 5.00 Å². The lowest BCUT2D eigenvalue weighted by Gasteiger charge is -2.33. The number of carbonyl (C=O) groups is 1. The maximum Gasteiger partial charge on any atom is 0.257 e. The van der Waals surface area contributed by atoms with Crippen molar-refractivity contribution in [2.45, 2.75) is 53.9 Å². The Labute approximate surface area is 217 Å². The fourth-order valence-electron chi connectivity index (χ4n) is 5.30. The number of benzene rings is 2. The number of para-hydroxylation sites is 1. The van der Waals surface area contributed by atoms with Crippen LogP contribution in [0.3, 0.4) is 0 Å². The topological polar surface area (TPSA) is 65.8 Å². The number of hydrogen-bond donors (Lipinski definition) is 1. The highest BCUT2D eigenvalue weighted by molar-refractivity contribution is 7.16. The molecular formula is C31H31N3OS. The number of nitriles is 1. The van der Waals surface area contributed by atoms with Crippen LogP contribution in [0, 0.1) is 36.5 Å². The van der Waals surface area contributed by atoms with Gasteiger partial charge in [-0.2, -0.15) is 5.26 Å². The summed E-state index contributed by atoms with van der Waals surface area (Å²) >= 11 is 1.57. The van der Waals surface area contributed by atoms with Gasteiger partial charge in [-0.25, -0.2) is 4.98 Å². The SMILES string of the molecule is Cc1ccc(-c2cc(C(=O)Nc3sc4c(c3C#N)CCC(C(C)(C)C)C4)c3ccccc3n2)c(C)c1. The molecule has 1 atom stereocenters. The standard InChI is InChI=1S/C31H31N3OS/c1-18-10-12-21(19(2)14-18)27-16-24(22-8-6-7-9-26(22)33-27)29(35)34-30-25(17-32)23-13-11-20(31(3,4)5)15-28(23)36-30/h6-10,12,14,16,20H,11,13,15H2,1-5H3,(H,34,35). The molecule has 5 heteroatoms. The van der Waals surface area contributed by atoms with Crippen LogP contribution < -0.4 is 5.32 Å².